The number of carbonyl (C=O) groups is 2. The topological polar surface area (TPSA) is 99.0 Å². The van der Waals surface area contributed by atoms with Gasteiger partial charge in [-0.1, -0.05) is 48.5 Å². The Labute approximate surface area is 202 Å². The lowest BCUT2D eigenvalue weighted by molar-refractivity contribution is -0.123. The molecule has 4 rings (SSSR count). The van der Waals surface area contributed by atoms with Crippen molar-refractivity contribution in [2.45, 2.75) is 13.2 Å². The Morgan fingerprint density at radius 2 is 1.26 bits per heavy atom. The highest BCUT2D eigenvalue weighted by atomic mass is 16.5. The zero-order valence-corrected chi connectivity index (χ0v) is 18.8. The maximum absolute atomic E-state index is 12.4. The summed E-state index contributed by atoms with van der Waals surface area (Å²) in [5, 5.41) is 0. The van der Waals surface area contributed by atoms with Crippen LogP contribution in [0.5, 0.6) is 17.2 Å². The van der Waals surface area contributed by atoms with Crippen molar-refractivity contribution in [3.8, 4) is 17.2 Å². The number of ether oxygens (including phenoxy) is 3. The molecule has 0 atom stereocenters. The van der Waals surface area contributed by atoms with Gasteiger partial charge in [-0.3, -0.25) is 20.4 Å². The fraction of sp³-hybridized carbons (Fsp3) is 0.111. The molecule has 0 aliphatic carbocycles. The summed E-state index contributed by atoms with van der Waals surface area (Å²) in [5.74, 6) is 0.759. The molecule has 35 heavy (non-hydrogen) atoms. The van der Waals surface area contributed by atoms with Gasteiger partial charge in [-0.2, -0.15) is 0 Å². The third-order valence-electron chi connectivity index (χ3n) is 4.85. The summed E-state index contributed by atoms with van der Waals surface area (Å²) in [7, 11) is 0. The minimum atomic E-state index is -0.602. The highest BCUT2D eigenvalue weighted by molar-refractivity contribution is 5.94. The first-order valence-corrected chi connectivity index (χ1v) is 10.9. The van der Waals surface area contributed by atoms with Gasteiger partial charge < -0.3 is 18.6 Å². The third-order valence-corrected chi connectivity index (χ3v) is 4.85. The molecule has 0 bridgehead atoms. The first-order valence-electron chi connectivity index (χ1n) is 10.9. The number of hydrogen-bond donors (Lipinski definition) is 2. The molecule has 0 saturated carbocycles. The van der Waals surface area contributed by atoms with Crippen LogP contribution >= 0.6 is 0 Å². The first kappa shape index (κ1) is 23.4. The van der Waals surface area contributed by atoms with Gasteiger partial charge in [0.05, 0.1) is 6.26 Å². The van der Waals surface area contributed by atoms with Crippen molar-refractivity contribution in [1.29, 1.82) is 0 Å². The number of carbonyl (C=O) groups excluding carboxylic acids is 2. The van der Waals surface area contributed by atoms with E-state index in [1.165, 1.54) is 6.26 Å². The summed E-state index contributed by atoms with van der Waals surface area (Å²) in [6.45, 7) is 0.316. The Balaban J connectivity index is 1.18. The van der Waals surface area contributed by atoms with Crippen molar-refractivity contribution in [3.05, 3.63) is 114 Å². The smallest absolute Gasteiger partial charge is 0.305 e. The third kappa shape index (κ3) is 7.13. The van der Waals surface area contributed by atoms with Gasteiger partial charge in [-0.25, -0.2) is 0 Å². The Bertz CT molecular complexity index is 1220. The number of hydrogen-bond acceptors (Lipinski definition) is 6. The van der Waals surface area contributed by atoms with Crippen molar-refractivity contribution < 1.29 is 28.2 Å². The summed E-state index contributed by atoms with van der Waals surface area (Å²) < 4.78 is 22.1. The molecule has 0 aliphatic heterocycles. The molecule has 0 fully saturated rings. The molecular formula is C27H24N2O6. The molecule has 2 amide bonds. The second-order valence-electron chi connectivity index (χ2n) is 7.41. The normalized spacial score (nSPS) is 10.3. The SMILES string of the molecule is O=C(COc1ccc(OCc2ccccc2)cc1)NNC(=O)c1occc1COc1ccccc1. The average molecular weight is 472 g/mol. The van der Waals surface area contributed by atoms with Crippen molar-refractivity contribution in [2.24, 2.45) is 0 Å². The van der Waals surface area contributed by atoms with Crippen LogP contribution in [0.4, 0.5) is 0 Å². The molecule has 0 spiro atoms. The van der Waals surface area contributed by atoms with Crippen molar-refractivity contribution in [1.82, 2.24) is 10.9 Å². The van der Waals surface area contributed by atoms with Crippen LogP contribution in [0, 0.1) is 0 Å². The molecule has 1 aromatic heterocycles. The minimum absolute atomic E-state index is 0.0493. The van der Waals surface area contributed by atoms with Crippen molar-refractivity contribution >= 4 is 11.8 Å². The van der Waals surface area contributed by atoms with E-state index in [1.54, 1.807) is 30.3 Å². The number of benzene rings is 3. The van der Waals surface area contributed by atoms with Crippen molar-refractivity contribution in [2.75, 3.05) is 6.61 Å². The van der Waals surface area contributed by atoms with Gasteiger partial charge in [-0.15, -0.1) is 0 Å². The Morgan fingerprint density at radius 1 is 0.657 bits per heavy atom. The molecule has 178 valence electrons. The van der Waals surface area contributed by atoms with E-state index in [-0.39, 0.29) is 19.0 Å². The van der Waals surface area contributed by atoms with Crippen LogP contribution in [0.15, 0.2) is 102 Å². The maximum Gasteiger partial charge on any atom is 0.305 e. The molecular weight excluding hydrogens is 448 g/mol. The van der Waals surface area contributed by atoms with E-state index in [0.717, 1.165) is 5.56 Å². The van der Waals surface area contributed by atoms with Crippen LogP contribution in [0.3, 0.4) is 0 Å². The monoisotopic (exact) mass is 472 g/mol. The van der Waals surface area contributed by atoms with Gasteiger partial charge >= 0.3 is 5.91 Å². The van der Waals surface area contributed by atoms with Crippen LogP contribution in [0.2, 0.25) is 0 Å². The second-order valence-corrected chi connectivity index (χ2v) is 7.41. The number of hydrazine groups is 1. The molecule has 2 N–H and O–H groups in total. The molecule has 8 heteroatoms. The summed E-state index contributed by atoms with van der Waals surface area (Å²) >= 11 is 0. The van der Waals surface area contributed by atoms with Crippen molar-refractivity contribution in [3.63, 3.8) is 0 Å². The van der Waals surface area contributed by atoms with E-state index < -0.39 is 11.8 Å². The van der Waals surface area contributed by atoms with Gasteiger partial charge in [0.1, 0.15) is 30.5 Å². The largest absolute Gasteiger partial charge is 0.489 e. The van der Waals surface area contributed by atoms with Crippen LogP contribution in [-0.4, -0.2) is 18.4 Å². The zero-order chi connectivity index (χ0) is 24.3. The average Bonchev–Trinajstić information content (AvgIpc) is 3.39. The quantitative estimate of drug-likeness (QED) is 0.334. The lowest BCUT2D eigenvalue weighted by Gasteiger charge is -2.10. The summed E-state index contributed by atoms with van der Waals surface area (Å²) in [4.78, 5) is 24.5. The molecule has 3 aromatic carbocycles. The number of para-hydroxylation sites is 1. The highest BCUT2D eigenvalue weighted by Gasteiger charge is 2.17. The molecule has 4 aromatic rings. The van der Waals surface area contributed by atoms with Gasteiger partial charge in [0, 0.05) is 5.56 Å². The number of amides is 2. The number of nitrogens with one attached hydrogen (secondary N) is 2. The van der Waals surface area contributed by atoms with E-state index in [9.17, 15) is 9.59 Å². The van der Waals surface area contributed by atoms with E-state index in [0.29, 0.717) is 29.4 Å². The summed E-state index contributed by atoms with van der Waals surface area (Å²) in [6, 6.07) is 27.6. The van der Waals surface area contributed by atoms with Gasteiger partial charge in [0.2, 0.25) is 0 Å². The summed E-state index contributed by atoms with van der Waals surface area (Å²) in [5.41, 5.74) is 6.23. The number of rotatable bonds is 10. The van der Waals surface area contributed by atoms with E-state index >= 15 is 0 Å². The van der Waals surface area contributed by atoms with E-state index in [4.69, 9.17) is 18.6 Å². The predicted octanol–water partition coefficient (Wildman–Crippen LogP) is 4.28. The Kier molecular flexibility index (Phi) is 8.00. The van der Waals surface area contributed by atoms with Crippen LogP contribution in [0.1, 0.15) is 21.7 Å². The minimum Gasteiger partial charge on any atom is -0.489 e. The standard InChI is InChI=1S/C27H24N2O6/c30-25(19-35-24-13-11-23(12-14-24)33-17-20-7-3-1-4-8-20)28-29-27(31)26-21(15-16-32-26)18-34-22-9-5-2-6-10-22/h1-16H,17-19H2,(H,28,30)(H,29,31). The Morgan fingerprint density at radius 3 is 1.97 bits per heavy atom. The summed E-state index contributed by atoms with van der Waals surface area (Å²) in [6.07, 6.45) is 1.39. The fourth-order valence-corrected chi connectivity index (χ4v) is 3.07. The second kappa shape index (κ2) is 11.9. The molecule has 0 unspecified atom stereocenters. The molecule has 0 aliphatic rings. The predicted molar refractivity (Wildman–Crippen MR) is 128 cm³/mol. The molecule has 8 nitrogen and oxygen atoms in total. The van der Waals surface area contributed by atoms with Gasteiger partial charge in [0.15, 0.2) is 12.4 Å². The zero-order valence-electron chi connectivity index (χ0n) is 18.8. The lowest BCUT2D eigenvalue weighted by Crippen LogP contribution is -2.44. The fourth-order valence-electron chi connectivity index (χ4n) is 3.07. The molecule has 0 radical (unpaired) electrons. The van der Waals surface area contributed by atoms with E-state index in [2.05, 4.69) is 10.9 Å². The van der Waals surface area contributed by atoms with Crippen LogP contribution in [-0.2, 0) is 18.0 Å². The van der Waals surface area contributed by atoms with Crippen LogP contribution in [0.25, 0.3) is 0 Å². The highest BCUT2D eigenvalue weighted by Crippen LogP contribution is 2.19. The van der Waals surface area contributed by atoms with Gasteiger partial charge in [0.25, 0.3) is 5.91 Å². The molecule has 0 saturated heterocycles. The first-order chi connectivity index (χ1) is 17.2. The van der Waals surface area contributed by atoms with Crippen LogP contribution < -0.4 is 25.1 Å². The number of furan rings is 1. The van der Waals surface area contributed by atoms with E-state index in [1.807, 2.05) is 60.7 Å². The molecule has 1 heterocycles. The van der Waals surface area contributed by atoms with Gasteiger partial charge in [-0.05, 0) is 48.0 Å². The lowest BCUT2D eigenvalue weighted by atomic mass is 10.2. The Hall–Kier alpha value is -4.72. The maximum atomic E-state index is 12.4.